The minimum absolute atomic E-state index is 0.224. The molecule has 0 bridgehead atoms. The van der Waals surface area contributed by atoms with Crippen molar-refractivity contribution in [3.63, 3.8) is 0 Å². The van der Waals surface area contributed by atoms with Crippen LogP contribution < -0.4 is 4.74 Å². The number of likely N-dealkylation sites (N-methyl/N-ethyl adjacent to an activating group) is 1. The van der Waals surface area contributed by atoms with Gasteiger partial charge >= 0.3 is 0 Å². The maximum absolute atomic E-state index is 13.5. The third kappa shape index (κ3) is 3.67. The van der Waals surface area contributed by atoms with E-state index in [-0.39, 0.29) is 18.3 Å². The molecule has 1 aromatic rings. The summed E-state index contributed by atoms with van der Waals surface area (Å²) < 4.78 is 32.1. The standard InChI is InChI=1S/C13H15BrF2N2O2/c1-17-2-4-18(5-3-17)12(19)8-20-11-7-9(14)6-10(15)13(11)16/h6-7H,2-5,8H2,1H3. The molecule has 0 spiro atoms. The number of ether oxygens (including phenoxy) is 1. The van der Waals surface area contributed by atoms with Crippen LogP contribution in [0.4, 0.5) is 8.78 Å². The fraction of sp³-hybridized carbons (Fsp3) is 0.462. The molecule has 1 amide bonds. The molecule has 1 saturated heterocycles. The lowest BCUT2D eigenvalue weighted by Crippen LogP contribution is -2.48. The summed E-state index contributed by atoms with van der Waals surface area (Å²) in [5, 5.41) is 0. The Labute approximate surface area is 124 Å². The van der Waals surface area contributed by atoms with Crippen LogP contribution >= 0.6 is 15.9 Å². The highest BCUT2D eigenvalue weighted by Crippen LogP contribution is 2.25. The Balaban J connectivity index is 1.93. The molecule has 0 aliphatic carbocycles. The monoisotopic (exact) mass is 348 g/mol. The van der Waals surface area contributed by atoms with Crippen molar-refractivity contribution in [2.75, 3.05) is 39.8 Å². The Hall–Kier alpha value is -1.21. The van der Waals surface area contributed by atoms with Gasteiger partial charge in [-0.1, -0.05) is 15.9 Å². The van der Waals surface area contributed by atoms with Gasteiger partial charge in [0.1, 0.15) is 0 Å². The van der Waals surface area contributed by atoms with E-state index < -0.39 is 11.6 Å². The van der Waals surface area contributed by atoms with Crippen molar-refractivity contribution in [3.8, 4) is 5.75 Å². The molecule has 1 aromatic carbocycles. The van der Waals surface area contributed by atoms with E-state index in [0.717, 1.165) is 19.2 Å². The molecular weight excluding hydrogens is 334 g/mol. The van der Waals surface area contributed by atoms with Gasteiger partial charge in [-0.2, -0.15) is 4.39 Å². The molecule has 110 valence electrons. The Kier molecular flexibility index (Phi) is 4.93. The fourth-order valence-corrected chi connectivity index (χ4v) is 2.33. The zero-order valence-corrected chi connectivity index (χ0v) is 12.6. The van der Waals surface area contributed by atoms with Crippen LogP contribution in [0.2, 0.25) is 0 Å². The van der Waals surface area contributed by atoms with Crippen LogP contribution in [0.5, 0.6) is 5.75 Å². The van der Waals surface area contributed by atoms with E-state index in [4.69, 9.17) is 4.74 Å². The van der Waals surface area contributed by atoms with Crippen molar-refractivity contribution in [3.05, 3.63) is 28.2 Å². The zero-order valence-electron chi connectivity index (χ0n) is 11.0. The van der Waals surface area contributed by atoms with Crippen molar-refractivity contribution in [2.24, 2.45) is 0 Å². The summed E-state index contributed by atoms with van der Waals surface area (Å²) in [6.07, 6.45) is 0. The highest BCUT2D eigenvalue weighted by atomic mass is 79.9. The molecule has 0 saturated carbocycles. The summed E-state index contributed by atoms with van der Waals surface area (Å²) in [5.41, 5.74) is 0. The predicted octanol–water partition coefficient (Wildman–Crippen LogP) is 1.88. The lowest BCUT2D eigenvalue weighted by Gasteiger charge is -2.32. The van der Waals surface area contributed by atoms with Gasteiger partial charge in [-0.05, 0) is 19.2 Å². The fourth-order valence-electron chi connectivity index (χ4n) is 1.92. The third-order valence-electron chi connectivity index (χ3n) is 3.17. The largest absolute Gasteiger partial charge is 0.481 e. The SMILES string of the molecule is CN1CCN(C(=O)COc2cc(Br)cc(F)c2F)CC1. The van der Waals surface area contributed by atoms with Crippen LogP contribution in [0.3, 0.4) is 0 Å². The maximum Gasteiger partial charge on any atom is 0.260 e. The average molecular weight is 349 g/mol. The molecule has 1 aliphatic heterocycles. The molecule has 4 nitrogen and oxygen atoms in total. The van der Waals surface area contributed by atoms with Gasteiger partial charge in [0, 0.05) is 30.7 Å². The molecule has 1 aliphatic rings. The van der Waals surface area contributed by atoms with E-state index in [1.165, 1.54) is 6.07 Å². The number of benzene rings is 1. The van der Waals surface area contributed by atoms with Crippen molar-refractivity contribution in [2.45, 2.75) is 0 Å². The van der Waals surface area contributed by atoms with Gasteiger partial charge in [-0.25, -0.2) is 4.39 Å². The second kappa shape index (κ2) is 6.49. The third-order valence-corrected chi connectivity index (χ3v) is 3.62. The van der Waals surface area contributed by atoms with Crippen LogP contribution in [0.25, 0.3) is 0 Å². The molecule has 2 rings (SSSR count). The van der Waals surface area contributed by atoms with Gasteiger partial charge < -0.3 is 14.5 Å². The van der Waals surface area contributed by atoms with Crippen molar-refractivity contribution >= 4 is 21.8 Å². The smallest absolute Gasteiger partial charge is 0.260 e. The van der Waals surface area contributed by atoms with E-state index in [1.54, 1.807) is 4.90 Å². The number of carbonyl (C=O) groups excluding carboxylic acids is 1. The van der Waals surface area contributed by atoms with Gasteiger partial charge in [-0.15, -0.1) is 0 Å². The molecule has 1 heterocycles. The van der Waals surface area contributed by atoms with E-state index in [9.17, 15) is 13.6 Å². The van der Waals surface area contributed by atoms with Crippen LogP contribution in [0.1, 0.15) is 0 Å². The van der Waals surface area contributed by atoms with Crippen LogP contribution in [-0.4, -0.2) is 55.5 Å². The second-order valence-electron chi connectivity index (χ2n) is 4.67. The van der Waals surface area contributed by atoms with Crippen LogP contribution in [0, 0.1) is 11.6 Å². The second-order valence-corrected chi connectivity index (χ2v) is 5.59. The normalized spacial score (nSPS) is 16.3. The maximum atomic E-state index is 13.5. The predicted molar refractivity (Wildman–Crippen MR) is 73.6 cm³/mol. The number of hydrogen-bond acceptors (Lipinski definition) is 3. The van der Waals surface area contributed by atoms with Gasteiger partial charge in [0.15, 0.2) is 18.2 Å². The van der Waals surface area contributed by atoms with Crippen LogP contribution in [-0.2, 0) is 4.79 Å². The first-order valence-electron chi connectivity index (χ1n) is 6.21. The number of amides is 1. The van der Waals surface area contributed by atoms with Gasteiger partial charge in [0.05, 0.1) is 0 Å². The Morgan fingerprint density at radius 3 is 2.60 bits per heavy atom. The molecular formula is C13H15BrF2N2O2. The Bertz CT molecular complexity index is 505. The molecule has 1 fully saturated rings. The number of rotatable bonds is 3. The highest BCUT2D eigenvalue weighted by Gasteiger charge is 2.20. The Morgan fingerprint density at radius 2 is 1.95 bits per heavy atom. The van der Waals surface area contributed by atoms with Gasteiger partial charge in [0.25, 0.3) is 5.91 Å². The van der Waals surface area contributed by atoms with Crippen LogP contribution in [0.15, 0.2) is 16.6 Å². The summed E-state index contributed by atoms with van der Waals surface area (Å²) in [5.74, 6) is -2.59. The minimum atomic E-state index is -1.08. The van der Waals surface area contributed by atoms with Gasteiger partial charge in [-0.3, -0.25) is 4.79 Å². The molecule has 20 heavy (non-hydrogen) atoms. The first-order valence-corrected chi connectivity index (χ1v) is 7.00. The molecule has 0 atom stereocenters. The summed E-state index contributed by atoms with van der Waals surface area (Å²) in [6, 6.07) is 2.31. The molecule has 7 heteroatoms. The van der Waals surface area contributed by atoms with E-state index >= 15 is 0 Å². The number of piperazine rings is 1. The summed E-state index contributed by atoms with van der Waals surface area (Å²) in [7, 11) is 1.98. The van der Waals surface area contributed by atoms with E-state index in [0.29, 0.717) is 17.6 Å². The van der Waals surface area contributed by atoms with E-state index in [1.807, 2.05) is 7.05 Å². The average Bonchev–Trinajstić information content (AvgIpc) is 2.41. The first kappa shape index (κ1) is 15.2. The molecule has 0 radical (unpaired) electrons. The first-order chi connectivity index (χ1) is 9.47. The number of hydrogen-bond donors (Lipinski definition) is 0. The summed E-state index contributed by atoms with van der Waals surface area (Å²) >= 11 is 3.05. The lowest BCUT2D eigenvalue weighted by molar-refractivity contribution is -0.135. The highest BCUT2D eigenvalue weighted by molar-refractivity contribution is 9.10. The summed E-state index contributed by atoms with van der Waals surface area (Å²) in [4.78, 5) is 15.7. The number of halogens is 3. The van der Waals surface area contributed by atoms with Gasteiger partial charge in [0.2, 0.25) is 5.82 Å². The van der Waals surface area contributed by atoms with Crippen molar-refractivity contribution in [1.29, 1.82) is 0 Å². The summed E-state index contributed by atoms with van der Waals surface area (Å²) in [6.45, 7) is 2.54. The zero-order chi connectivity index (χ0) is 14.7. The molecule has 0 N–H and O–H groups in total. The number of carbonyl (C=O) groups is 1. The quantitative estimate of drug-likeness (QED) is 0.782. The minimum Gasteiger partial charge on any atom is -0.481 e. The topological polar surface area (TPSA) is 32.8 Å². The molecule has 0 unspecified atom stereocenters. The molecule has 0 aromatic heterocycles. The van der Waals surface area contributed by atoms with Crippen molar-refractivity contribution in [1.82, 2.24) is 9.80 Å². The van der Waals surface area contributed by atoms with E-state index in [2.05, 4.69) is 20.8 Å². The Morgan fingerprint density at radius 1 is 1.30 bits per heavy atom. The lowest BCUT2D eigenvalue weighted by atomic mass is 10.3. The van der Waals surface area contributed by atoms with Crippen molar-refractivity contribution < 1.29 is 18.3 Å². The number of nitrogens with zero attached hydrogens (tertiary/aromatic N) is 2.